The number of aliphatic hydroxyl groups excluding tert-OH is 1. The van der Waals surface area contributed by atoms with E-state index in [1.54, 1.807) is 0 Å². The van der Waals surface area contributed by atoms with Crippen molar-refractivity contribution in [3.05, 3.63) is 0 Å². The predicted molar refractivity (Wildman–Crippen MR) is 80.3 cm³/mol. The van der Waals surface area contributed by atoms with Crippen LogP contribution in [0.3, 0.4) is 0 Å². The van der Waals surface area contributed by atoms with E-state index in [9.17, 15) is 5.11 Å². The highest BCUT2D eigenvalue weighted by Crippen LogP contribution is 2.35. The SMILES string of the molecule is CNC1(CO)CCCC(N(C)C2CCCCC2C)C1. The van der Waals surface area contributed by atoms with Crippen molar-refractivity contribution in [2.75, 3.05) is 20.7 Å². The lowest BCUT2D eigenvalue weighted by Gasteiger charge is -2.47. The van der Waals surface area contributed by atoms with Crippen LogP contribution in [0.15, 0.2) is 0 Å². The Hall–Kier alpha value is -0.120. The van der Waals surface area contributed by atoms with Gasteiger partial charge in [-0.05, 0) is 58.5 Å². The number of aliphatic hydroxyl groups is 1. The molecule has 2 N–H and O–H groups in total. The lowest BCUT2D eigenvalue weighted by Crippen LogP contribution is -2.56. The molecule has 0 bridgehead atoms. The third kappa shape index (κ3) is 3.32. The topological polar surface area (TPSA) is 35.5 Å². The summed E-state index contributed by atoms with van der Waals surface area (Å²) in [7, 11) is 4.32. The van der Waals surface area contributed by atoms with Crippen LogP contribution in [0.25, 0.3) is 0 Å². The summed E-state index contributed by atoms with van der Waals surface area (Å²) < 4.78 is 0. The van der Waals surface area contributed by atoms with E-state index in [1.807, 2.05) is 7.05 Å². The molecule has 0 saturated heterocycles. The van der Waals surface area contributed by atoms with Crippen molar-refractivity contribution in [3.63, 3.8) is 0 Å². The van der Waals surface area contributed by atoms with Crippen molar-refractivity contribution in [1.29, 1.82) is 0 Å². The van der Waals surface area contributed by atoms with Crippen LogP contribution in [0.4, 0.5) is 0 Å². The van der Waals surface area contributed by atoms with E-state index in [4.69, 9.17) is 0 Å². The molecule has 0 aliphatic heterocycles. The highest BCUT2D eigenvalue weighted by Gasteiger charge is 2.38. The Morgan fingerprint density at radius 2 is 1.95 bits per heavy atom. The van der Waals surface area contributed by atoms with E-state index in [1.165, 1.54) is 38.5 Å². The molecule has 3 heteroatoms. The van der Waals surface area contributed by atoms with E-state index in [0.29, 0.717) is 6.04 Å². The Kier molecular flexibility index (Phi) is 5.27. The Labute approximate surface area is 118 Å². The van der Waals surface area contributed by atoms with Gasteiger partial charge in [0.25, 0.3) is 0 Å². The third-order valence-electron chi connectivity index (χ3n) is 5.82. The maximum atomic E-state index is 9.72. The molecule has 0 aromatic rings. The van der Waals surface area contributed by atoms with Gasteiger partial charge in [0, 0.05) is 17.6 Å². The molecule has 2 aliphatic carbocycles. The summed E-state index contributed by atoms with van der Waals surface area (Å²) in [6.07, 6.45) is 10.3. The second kappa shape index (κ2) is 6.55. The van der Waals surface area contributed by atoms with E-state index >= 15 is 0 Å². The molecule has 4 unspecified atom stereocenters. The fourth-order valence-electron chi connectivity index (χ4n) is 4.30. The smallest absolute Gasteiger partial charge is 0.0613 e. The largest absolute Gasteiger partial charge is 0.394 e. The van der Waals surface area contributed by atoms with Crippen molar-refractivity contribution in [1.82, 2.24) is 10.2 Å². The molecule has 2 fully saturated rings. The molecule has 3 nitrogen and oxygen atoms in total. The van der Waals surface area contributed by atoms with Crippen molar-refractivity contribution in [2.45, 2.75) is 75.9 Å². The number of nitrogens with zero attached hydrogens (tertiary/aromatic N) is 1. The van der Waals surface area contributed by atoms with Gasteiger partial charge in [-0.1, -0.05) is 19.8 Å². The molecule has 4 atom stereocenters. The number of likely N-dealkylation sites (N-methyl/N-ethyl adjacent to an activating group) is 1. The molecule has 0 spiro atoms. The van der Waals surface area contributed by atoms with Crippen LogP contribution in [-0.2, 0) is 0 Å². The Bertz CT molecular complexity index is 278. The van der Waals surface area contributed by atoms with Gasteiger partial charge >= 0.3 is 0 Å². The normalized spacial score (nSPS) is 40.6. The third-order valence-corrected chi connectivity index (χ3v) is 5.82. The van der Waals surface area contributed by atoms with Crippen molar-refractivity contribution >= 4 is 0 Å². The molecule has 0 aromatic carbocycles. The van der Waals surface area contributed by atoms with E-state index in [0.717, 1.165) is 24.8 Å². The minimum Gasteiger partial charge on any atom is -0.394 e. The molecule has 2 saturated carbocycles. The second-order valence-electron chi connectivity index (χ2n) is 6.93. The van der Waals surface area contributed by atoms with Gasteiger partial charge in [0.15, 0.2) is 0 Å². The number of nitrogens with one attached hydrogen (secondary N) is 1. The van der Waals surface area contributed by atoms with E-state index in [2.05, 4.69) is 24.2 Å². The first-order valence-electron chi connectivity index (χ1n) is 8.13. The summed E-state index contributed by atoms with van der Waals surface area (Å²) in [5, 5.41) is 13.1. The first-order chi connectivity index (χ1) is 9.12. The molecular formula is C16H32N2O. The van der Waals surface area contributed by atoms with Crippen LogP contribution < -0.4 is 5.32 Å². The zero-order valence-electron chi connectivity index (χ0n) is 13.0. The maximum absolute atomic E-state index is 9.72. The Morgan fingerprint density at radius 3 is 2.58 bits per heavy atom. The Morgan fingerprint density at radius 1 is 1.21 bits per heavy atom. The minimum atomic E-state index is -0.0327. The summed E-state index contributed by atoms with van der Waals surface area (Å²) in [4.78, 5) is 2.64. The molecule has 0 aromatic heterocycles. The molecule has 2 aliphatic rings. The summed E-state index contributed by atoms with van der Waals surface area (Å²) in [6.45, 7) is 2.69. The van der Waals surface area contributed by atoms with E-state index < -0.39 is 0 Å². The van der Waals surface area contributed by atoms with Crippen LogP contribution >= 0.6 is 0 Å². The molecule has 0 amide bonds. The standard InChI is InChI=1S/C16H32N2O/c1-13-7-4-5-9-15(13)18(3)14-8-6-10-16(11-14,12-19)17-2/h13-15,17,19H,4-12H2,1-3H3. The maximum Gasteiger partial charge on any atom is 0.0613 e. The van der Waals surface area contributed by atoms with Crippen LogP contribution in [0.5, 0.6) is 0 Å². The van der Waals surface area contributed by atoms with Gasteiger partial charge in [-0.3, -0.25) is 0 Å². The predicted octanol–water partition coefficient (Wildman–Crippen LogP) is 2.39. The van der Waals surface area contributed by atoms with Crippen molar-refractivity contribution in [2.24, 2.45) is 5.92 Å². The first-order valence-corrected chi connectivity index (χ1v) is 8.13. The van der Waals surface area contributed by atoms with Gasteiger partial charge in [-0.25, -0.2) is 0 Å². The average Bonchev–Trinajstić information content (AvgIpc) is 2.47. The summed E-state index contributed by atoms with van der Waals surface area (Å²) in [6, 6.07) is 1.39. The van der Waals surface area contributed by atoms with Gasteiger partial charge in [-0.15, -0.1) is 0 Å². The van der Waals surface area contributed by atoms with Crippen LogP contribution in [0.1, 0.15) is 58.3 Å². The minimum absolute atomic E-state index is 0.0327. The molecule has 112 valence electrons. The highest BCUT2D eigenvalue weighted by atomic mass is 16.3. The number of hydrogen-bond donors (Lipinski definition) is 2. The second-order valence-corrected chi connectivity index (χ2v) is 6.93. The van der Waals surface area contributed by atoms with Gasteiger partial charge in [-0.2, -0.15) is 0 Å². The molecular weight excluding hydrogens is 236 g/mol. The van der Waals surface area contributed by atoms with Crippen LogP contribution in [0, 0.1) is 5.92 Å². The zero-order valence-corrected chi connectivity index (χ0v) is 13.0. The molecule has 0 radical (unpaired) electrons. The number of hydrogen-bond acceptors (Lipinski definition) is 3. The summed E-state index contributed by atoms with van der Waals surface area (Å²) in [5.41, 5.74) is -0.0327. The lowest BCUT2D eigenvalue weighted by molar-refractivity contribution is 0.0321. The average molecular weight is 268 g/mol. The van der Waals surface area contributed by atoms with Crippen LogP contribution in [0.2, 0.25) is 0 Å². The summed E-state index contributed by atoms with van der Waals surface area (Å²) in [5.74, 6) is 0.832. The van der Waals surface area contributed by atoms with Gasteiger partial charge in [0.1, 0.15) is 0 Å². The van der Waals surface area contributed by atoms with Crippen molar-refractivity contribution < 1.29 is 5.11 Å². The number of rotatable bonds is 4. The first kappa shape index (κ1) is 15.3. The van der Waals surface area contributed by atoms with Crippen LogP contribution in [-0.4, -0.2) is 48.3 Å². The fourth-order valence-corrected chi connectivity index (χ4v) is 4.30. The van der Waals surface area contributed by atoms with Gasteiger partial charge in [0.2, 0.25) is 0 Å². The zero-order chi connectivity index (χ0) is 13.9. The quantitative estimate of drug-likeness (QED) is 0.822. The van der Waals surface area contributed by atoms with Gasteiger partial charge < -0.3 is 15.3 Å². The summed E-state index contributed by atoms with van der Waals surface area (Å²) >= 11 is 0. The highest BCUT2D eigenvalue weighted by molar-refractivity contribution is 4.96. The van der Waals surface area contributed by atoms with Crippen molar-refractivity contribution in [3.8, 4) is 0 Å². The van der Waals surface area contributed by atoms with E-state index in [-0.39, 0.29) is 12.1 Å². The van der Waals surface area contributed by atoms with Gasteiger partial charge in [0.05, 0.1) is 6.61 Å². The lowest BCUT2D eigenvalue weighted by atomic mass is 9.77. The fraction of sp³-hybridized carbons (Fsp3) is 1.00. The monoisotopic (exact) mass is 268 g/mol. The molecule has 0 heterocycles. The molecule has 2 rings (SSSR count). The Balaban J connectivity index is 2.00. The molecule has 19 heavy (non-hydrogen) atoms.